The van der Waals surface area contributed by atoms with Crippen LogP contribution in [0.1, 0.15) is 51.2 Å². The number of rotatable bonds is 5. The largest absolute Gasteiger partial charge is 0.366 e. The number of hydrogen-bond acceptors (Lipinski definition) is 6. The zero-order chi connectivity index (χ0) is 20.5. The summed E-state index contributed by atoms with van der Waals surface area (Å²) < 4.78 is 14.7. The molecule has 3 rings (SSSR count). The van der Waals surface area contributed by atoms with Crippen molar-refractivity contribution in [2.75, 3.05) is 16.9 Å². The molecule has 0 bridgehead atoms. The van der Waals surface area contributed by atoms with Crippen LogP contribution in [0.3, 0.4) is 0 Å². The molecule has 2 heterocycles. The Balaban J connectivity index is 1.83. The maximum atomic E-state index is 14.7. The van der Waals surface area contributed by atoms with E-state index in [1.807, 2.05) is 6.07 Å². The summed E-state index contributed by atoms with van der Waals surface area (Å²) in [5, 5.41) is 14.7. The van der Waals surface area contributed by atoms with Gasteiger partial charge >= 0.3 is 0 Å². The second-order valence-corrected chi connectivity index (χ2v) is 7.62. The Labute approximate surface area is 163 Å². The minimum atomic E-state index is -0.523. The number of nitro groups is 1. The van der Waals surface area contributed by atoms with Crippen LogP contribution < -0.4 is 10.3 Å². The molecule has 28 heavy (non-hydrogen) atoms. The lowest BCUT2D eigenvalue weighted by molar-refractivity contribution is -0.385. The smallest absolute Gasteiger partial charge is 0.287 e. The molecule has 1 aliphatic heterocycles. The predicted molar refractivity (Wildman–Crippen MR) is 109 cm³/mol. The number of aromatic nitrogens is 1. The van der Waals surface area contributed by atoms with Crippen molar-refractivity contribution in [3.63, 3.8) is 0 Å². The van der Waals surface area contributed by atoms with Gasteiger partial charge in [-0.05, 0) is 56.9 Å². The molecule has 0 spiro atoms. The van der Waals surface area contributed by atoms with E-state index in [1.165, 1.54) is 18.3 Å². The SMILES string of the molecule is CCN1c2cc(F)c(/C=N\Nc3ccc([N+](=O)[O-])cn3)cc2C(C)CC1(C)C. The van der Waals surface area contributed by atoms with Crippen LogP contribution in [0.15, 0.2) is 35.6 Å². The Kier molecular flexibility index (Phi) is 5.31. The molecule has 1 atom stereocenters. The summed E-state index contributed by atoms with van der Waals surface area (Å²) in [7, 11) is 0. The quantitative estimate of drug-likeness (QED) is 0.459. The number of nitrogens with one attached hydrogen (secondary N) is 1. The zero-order valence-electron chi connectivity index (χ0n) is 16.4. The zero-order valence-corrected chi connectivity index (χ0v) is 16.4. The maximum Gasteiger partial charge on any atom is 0.287 e. The topological polar surface area (TPSA) is 83.7 Å². The van der Waals surface area contributed by atoms with Crippen LogP contribution in [0.5, 0.6) is 0 Å². The minimum absolute atomic E-state index is 0.0215. The third-order valence-corrected chi connectivity index (χ3v) is 5.16. The Hall–Kier alpha value is -3.03. The first-order chi connectivity index (χ1) is 13.2. The van der Waals surface area contributed by atoms with Gasteiger partial charge in [0.05, 0.1) is 11.1 Å². The molecule has 0 saturated heterocycles. The Morgan fingerprint density at radius 2 is 2.21 bits per heavy atom. The first kappa shape index (κ1) is 19.7. The van der Waals surface area contributed by atoms with E-state index in [0.29, 0.717) is 17.3 Å². The molecule has 0 aliphatic carbocycles. The van der Waals surface area contributed by atoms with Gasteiger partial charge < -0.3 is 4.90 Å². The number of nitrogens with zero attached hydrogens (tertiary/aromatic N) is 4. The molecular formula is C20H24FN5O2. The van der Waals surface area contributed by atoms with E-state index in [-0.39, 0.29) is 17.0 Å². The monoisotopic (exact) mass is 385 g/mol. The van der Waals surface area contributed by atoms with Crippen LogP contribution >= 0.6 is 0 Å². The lowest BCUT2D eigenvalue weighted by Gasteiger charge is -2.47. The van der Waals surface area contributed by atoms with E-state index in [9.17, 15) is 14.5 Å². The number of benzene rings is 1. The van der Waals surface area contributed by atoms with E-state index in [4.69, 9.17) is 0 Å². The number of hydrogen-bond donors (Lipinski definition) is 1. The Morgan fingerprint density at radius 1 is 1.46 bits per heavy atom. The summed E-state index contributed by atoms with van der Waals surface area (Å²) in [4.78, 5) is 16.3. The molecule has 1 aromatic carbocycles. The van der Waals surface area contributed by atoms with Crippen LogP contribution in [0.4, 0.5) is 21.6 Å². The van der Waals surface area contributed by atoms with E-state index < -0.39 is 4.92 Å². The molecule has 0 saturated carbocycles. The van der Waals surface area contributed by atoms with Gasteiger partial charge in [0.1, 0.15) is 17.8 Å². The van der Waals surface area contributed by atoms with Crippen LogP contribution in [0.25, 0.3) is 0 Å². The average Bonchev–Trinajstić information content (AvgIpc) is 2.62. The van der Waals surface area contributed by atoms with Gasteiger partial charge in [-0.3, -0.25) is 15.5 Å². The van der Waals surface area contributed by atoms with Gasteiger partial charge in [-0.1, -0.05) is 6.92 Å². The van der Waals surface area contributed by atoms with Gasteiger partial charge in [0.25, 0.3) is 5.69 Å². The molecule has 0 fully saturated rings. The van der Waals surface area contributed by atoms with Gasteiger partial charge in [0.15, 0.2) is 0 Å². The molecule has 2 aromatic rings. The van der Waals surface area contributed by atoms with Crippen LogP contribution in [0.2, 0.25) is 0 Å². The highest BCUT2D eigenvalue weighted by molar-refractivity contribution is 5.82. The molecule has 1 unspecified atom stereocenters. The van der Waals surface area contributed by atoms with E-state index in [0.717, 1.165) is 30.4 Å². The van der Waals surface area contributed by atoms with Gasteiger partial charge in [0, 0.05) is 29.4 Å². The van der Waals surface area contributed by atoms with Crippen molar-refractivity contribution in [1.29, 1.82) is 0 Å². The average molecular weight is 385 g/mol. The highest BCUT2D eigenvalue weighted by atomic mass is 19.1. The van der Waals surface area contributed by atoms with Crippen molar-refractivity contribution in [3.05, 3.63) is 57.5 Å². The van der Waals surface area contributed by atoms with Gasteiger partial charge in [0.2, 0.25) is 0 Å². The first-order valence-electron chi connectivity index (χ1n) is 9.23. The van der Waals surface area contributed by atoms with Crippen molar-refractivity contribution in [1.82, 2.24) is 4.98 Å². The van der Waals surface area contributed by atoms with Gasteiger partial charge in [-0.15, -0.1) is 0 Å². The van der Waals surface area contributed by atoms with Crippen molar-refractivity contribution in [2.24, 2.45) is 5.10 Å². The summed E-state index contributed by atoms with van der Waals surface area (Å²) in [5.41, 5.74) is 4.97. The Morgan fingerprint density at radius 3 is 2.82 bits per heavy atom. The number of halogens is 1. The van der Waals surface area contributed by atoms with Gasteiger partial charge in [-0.2, -0.15) is 5.10 Å². The third kappa shape index (κ3) is 3.81. The summed E-state index contributed by atoms with van der Waals surface area (Å²) in [6, 6.07) is 6.21. The van der Waals surface area contributed by atoms with Crippen molar-refractivity contribution in [3.8, 4) is 0 Å². The van der Waals surface area contributed by atoms with E-state index in [1.54, 1.807) is 6.07 Å². The van der Waals surface area contributed by atoms with Crippen LogP contribution in [-0.2, 0) is 0 Å². The van der Waals surface area contributed by atoms with Crippen LogP contribution in [0, 0.1) is 15.9 Å². The second kappa shape index (κ2) is 7.53. The van der Waals surface area contributed by atoms with Crippen molar-refractivity contribution >= 4 is 23.4 Å². The number of anilines is 2. The van der Waals surface area contributed by atoms with E-state index in [2.05, 4.69) is 48.1 Å². The molecule has 1 N–H and O–H groups in total. The number of fused-ring (bicyclic) bond motifs is 1. The molecule has 1 aromatic heterocycles. The highest BCUT2D eigenvalue weighted by Gasteiger charge is 2.36. The molecule has 148 valence electrons. The second-order valence-electron chi connectivity index (χ2n) is 7.62. The number of pyridine rings is 1. The molecule has 0 amide bonds. The van der Waals surface area contributed by atoms with Gasteiger partial charge in [-0.25, -0.2) is 9.37 Å². The minimum Gasteiger partial charge on any atom is -0.366 e. The molecular weight excluding hydrogens is 361 g/mol. The lowest BCUT2D eigenvalue weighted by atomic mass is 9.79. The van der Waals surface area contributed by atoms with E-state index >= 15 is 0 Å². The summed E-state index contributed by atoms with van der Waals surface area (Å²) >= 11 is 0. The fraction of sp³-hybridized carbons (Fsp3) is 0.400. The summed E-state index contributed by atoms with van der Waals surface area (Å²) in [6.45, 7) is 9.42. The van der Waals surface area contributed by atoms with Crippen LogP contribution in [-0.4, -0.2) is 28.2 Å². The molecule has 0 radical (unpaired) electrons. The molecule has 7 nitrogen and oxygen atoms in total. The standard InChI is InChI=1S/C20H24FN5O2/c1-5-25-18-9-17(21)14(8-16(18)13(2)10-20(25,3)4)11-23-24-19-7-6-15(12-22-19)26(27)28/h6-9,11-13H,5,10H2,1-4H3,(H,22,24)/b23-11-. The predicted octanol–water partition coefficient (Wildman–Crippen LogP) is 4.69. The third-order valence-electron chi connectivity index (χ3n) is 5.16. The maximum absolute atomic E-state index is 14.7. The lowest BCUT2D eigenvalue weighted by Crippen LogP contribution is -2.48. The molecule has 8 heteroatoms. The Bertz CT molecular complexity index is 912. The number of hydrazone groups is 1. The van der Waals surface area contributed by atoms with Crippen molar-refractivity contribution in [2.45, 2.75) is 45.6 Å². The normalized spacial score (nSPS) is 18.2. The highest BCUT2D eigenvalue weighted by Crippen LogP contribution is 2.43. The first-order valence-corrected chi connectivity index (χ1v) is 9.23. The van der Waals surface area contributed by atoms with Crippen molar-refractivity contribution < 1.29 is 9.31 Å². The summed E-state index contributed by atoms with van der Waals surface area (Å²) in [6.07, 6.45) is 3.53. The fourth-order valence-electron chi connectivity index (χ4n) is 3.95. The molecule has 1 aliphatic rings. The summed E-state index contributed by atoms with van der Waals surface area (Å²) in [5.74, 6) is 0.307. The fourth-order valence-corrected chi connectivity index (χ4v) is 3.95.